The largest absolute Gasteiger partial charge is 0.392 e. The maximum absolute atomic E-state index is 14.3. The van der Waals surface area contributed by atoms with E-state index in [2.05, 4.69) is 36.4 Å². The van der Waals surface area contributed by atoms with Crippen LogP contribution in [0.2, 0.25) is 0 Å². The molecule has 142 valence electrons. The Morgan fingerprint density at radius 2 is 0.966 bits per heavy atom. The summed E-state index contributed by atoms with van der Waals surface area (Å²) < 4.78 is 0. The summed E-state index contributed by atoms with van der Waals surface area (Å²) in [5.74, 6) is 0. The summed E-state index contributed by atoms with van der Waals surface area (Å²) in [7, 11) is -3.00. The highest BCUT2D eigenvalue weighted by Gasteiger charge is 2.47. The molecule has 4 aromatic carbocycles. The first-order valence-electron chi connectivity index (χ1n) is 9.68. The number of carbonyl (C=O) groups is 1. The minimum Gasteiger partial charge on any atom is -0.392 e. The number of aliphatic hydroxyl groups is 1. The molecule has 1 N–H and O–H groups in total. The first kappa shape index (κ1) is 19.1. The van der Waals surface area contributed by atoms with Crippen LogP contribution in [0.5, 0.6) is 0 Å². The van der Waals surface area contributed by atoms with Gasteiger partial charge in [-0.3, -0.25) is 4.79 Å². The third kappa shape index (κ3) is 3.46. The molecule has 0 aliphatic rings. The van der Waals surface area contributed by atoms with Gasteiger partial charge >= 0.3 is 0 Å². The van der Waals surface area contributed by atoms with Crippen LogP contribution in [0.1, 0.15) is 15.9 Å². The van der Waals surface area contributed by atoms with Crippen LogP contribution in [0.25, 0.3) is 0 Å². The molecule has 4 rings (SSSR count). The Bertz CT molecular complexity index is 979. The normalized spacial score (nSPS) is 11.2. The molecule has 2 nitrogen and oxygen atoms in total. The van der Waals surface area contributed by atoms with Crippen molar-refractivity contribution in [2.45, 2.75) is 6.61 Å². The first-order valence-corrected chi connectivity index (χ1v) is 11.7. The summed E-state index contributed by atoms with van der Waals surface area (Å²) in [5.41, 5.74) is 1.47. The van der Waals surface area contributed by atoms with Gasteiger partial charge in [0.15, 0.2) is 5.41 Å². The van der Waals surface area contributed by atoms with Crippen molar-refractivity contribution < 1.29 is 9.90 Å². The lowest BCUT2D eigenvalue weighted by Gasteiger charge is -2.32. The van der Waals surface area contributed by atoms with Gasteiger partial charge in [0, 0.05) is 5.56 Å². The van der Waals surface area contributed by atoms with E-state index in [1.165, 1.54) is 0 Å². The number of hydrogen-bond donors (Lipinski definition) is 1. The monoisotopic (exact) mass is 394 g/mol. The Kier molecular flexibility index (Phi) is 5.52. The van der Waals surface area contributed by atoms with E-state index in [1.807, 2.05) is 78.9 Å². The lowest BCUT2D eigenvalue weighted by Crippen LogP contribution is -2.72. The second kappa shape index (κ2) is 8.39. The molecule has 4 aromatic rings. The molecule has 0 spiro atoms. The predicted octanol–water partition coefficient (Wildman–Crippen LogP) is 3.07. The Hall–Kier alpha value is -3.27. The van der Waals surface area contributed by atoms with Crippen LogP contribution in [0.4, 0.5) is 0 Å². The summed E-state index contributed by atoms with van der Waals surface area (Å²) >= 11 is 0. The topological polar surface area (TPSA) is 37.3 Å². The van der Waals surface area contributed by atoms with Gasteiger partial charge in [-0.1, -0.05) is 115 Å². The van der Waals surface area contributed by atoms with Crippen LogP contribution in [0, 0.1) is 0 Å². The second-order valence-corrected chi connectivity index (χ2v) is 10.7. The molecule has 0 atom stereocenters. The van der Waals surface area contributed by atoms with Gasteiger partial charge in [-0.2, -0.15) is 0 Å². The third-order valence-corrected chi connectivity index (χ3v) is 9.93. The van der Waals surface area contributed by atoms with Gasteiger partial charge in [-0.05, 0) is 21.1 Å². The lowest BCUT2D eigenvalue weighted by atomic mass is 10.1. The van der Waals surface area contributed by atoms with Crippen molar-refractivity contribution in [3.05, 3.63) is 126 Å². The van der Waals surface area contributed by atoms with Crippen LogP contribution >= 0.6 is 0 Å². The Morgan fingerprint density at radius 3 is 1.31 bits per heavy atom. The van der Waals surface area contributed by atoms with E-state index in [0.29, 0.717) is 5.56 Å². The van der Waals surface area contributed by atoms with Gasteiger partial charge in [0.25, 0.3) is 0 Å². The molecule has 29 heavy (non-hydrogen) atoms. The molecule has 0 fully saturated rings. The minimum atomic E-state index is -3.00. The number of aliphatic hydroxyl groups excluding tert-OH is 1. The summed E-state index contributed by atoms with van der Waals surface area (Å²) in [4.78, 5) is 14.3. The van der Waals surface area contributed by atoms with Crippen molar-refractivity contribution in [2.75, 3.05) is 0 Å². The zero-order chi connectivity index (χ0) is 20.1. The summed E-state index contributed by atoms with van der Waals surface area (Å²) in [6, 6.07) is 37.8. The zero-order valence-corrected chi connectivity index (χ0v) is 17.0. The summed E-state index contributed by atoms with van der Waals surface area (Å²) in [6.07, 6.45) is 0. The zero-order valence-electron chi connectivity index (χ0n) is 16.0. The number of benzene rings is 4. The van der Waals surface area contributed by atoms with Gasteiger partial charge in [0.2, 0.25) is 8.07 Å². The SMILES string of the molecule is O=C(c1ccc(CO)cc1)[Si](c1ccccc1)(c1ccccc1)c1ccccc1. The maximum atomic E-state index is 14.3. The molecular weight excluding hydrogens is 372 g/mol. The average molecular weight is 395 g/mol. The Morgan fingerprint density at radius 1 is 0.586 bits per heavy atom. The molecule has 3 heteroatoms. The Labute approximate surface area is 172 Å². The van der Waals surface area contributed by atoms with E-state index >= 15 is 0 Å². The van der Waals surface area contributed by atoms with Crippen LogP contribution in [0.15, 0.2) is 115 Å². The highest BCUT2D eigenvalue weighted by atomic mass is 28.3. The lowest BCUT2D eigenvalue weighted by molar-refractivity contribution is 0.107. The minimum absolute atomic E-state index is 0.0346. The van der Waals surface area contributed by atoms with Crippen LogP contribution < -0.4 is 15.6 Å². The molecular formula is C26H22O2Si. The quantitative estimate of drug-likeness (QED) is 0.403. The fourth-order valence-electron chi connectivity index (χ4n) is 3.94. The van der Waals surface area contributed by atoms with E-state index in [9.17, 15) is 9.90 Å². The maximum Gasteiger partial charge on any atom is 0.230 e. The molecule has 0 aliphatic carbocycles. The highest BCUT2D eigenvalue weighted by Crippen LogP contribution is 2.16. The molecule has 0 unspecified atom stereocenters. The summed E-state index contributed by atoms with van der Waals surface area (Å²) in [6.45, 7) is -0.0346. The van der Waals surface area contributed by atoms with E-state index in [1.54, 1.807) is 0 Å². The van der Waals surface area contributed by atoms with E-state index < -0.39 is 8.07 Å². The van der Waals surface area contributed by atoms with Gasteiger partial charge in [-0.25, -0.2) is 0 Å². The third-order valence-electron chi connectivity index (χ3n) is 5.36. The average Bonchev–Trinajstić information content (AvgIpc) is 2.82. The number of carbonyl (C=O) groups excluding carboxylic acids is 1. The molecule has 0 amide bonds. The Balaban J connectivity index is 2.03. The van der Waals surface area contributed by atoms with E-state index in [4.69, 9.17) is 0 Å². The van der Waals surface area contributed by atoms with Gasteiger partial charge < -0.3 is 5.11 Å². The molecule has 0 aromatic heterocycles. The van der Waals surface area contributed by atoms with Crippen molar-refractivity contribution in [1.82, 2.24) is 0 Å². The molecule has 0 aliphatic heterocycles. The number of hydrogen-bond acceptors (Lipinski definition) is 2. The molecule has 0 radical (unpaired) electrons. The van der Waals surface area contributed by atoms with Crippen LogP contribution in [-0.4, -0.2) is 18.6 Å². The van der Waals surface area contributed by atoms with Crippen molar-refractivity contribution in [3.63, 3.8) is 0 Å². The van der Waals surface area contributed by atoms with Crippen molar-refractivity contribution >= 4 is 29.0 Å². The van der Waals surface area contributed by atoms with Gasteiger partial charge in [0.05, 0.1) is 6.61 Å². The first-order chi connectivity index (χ1) is 14.3. The molecule has 0 bridgehead atoms. The highest BCUT2D eigenvalue weighted by molar-refractivity contribution is 7.31. The van der Waals surface area contributed by atoms with E-state index in [0.717, 1.165) is 21.1 Å². The second-order valence-electron chi connectivity index (χ2n) is 7.03. The molecule has 0 saturated carbocycles. The van der Waals surface area contributed by atoms with Gasteiger partial charge in [-0.15, -0.1) is 0 Å². The van der Waals surface area contributed by atoms with Crippen molar-refractivity contribution in [1.29, 1.82) is 0 Å². The van der Waals surface area contributed by atoms with Crippen molar-refractivity contribution in [3.8, 4) is 0 Å². The standard InChI is InChI=1S/C26H22O2Si/c27-20-21-16-18-22(19-17-21)26(28)29(23-10-4-1-5-11-23,24-12-6-2-7-13-24)25-14-8-3-9-15-25/h1-19,27H,20H2. The molecule has 0 saturated heterocycles. The fourth-order valence-corrected chi connectivity index (χ4v) is 8.40. The summed E-state index contributed by atoms with van der Waals surface area (Å²) in [5, 5.41) is 12.7. The van der Waals surface area contributed by atoms with Gasteiger partial charge in [0.1, 0.15) is 0 Å². The van der Waals surface area contributed by atoms with Crippen LogP contribution in [-0.2, 0) is 6.61 Å². The van der Waals surface area contributed by atoms with E-state index in [-0.39, 0.29) is 12.0 Å². The predicted molar refractivity (Wildman–Crippen MR) is 121 cm³/mol. The fraction of sp³-hybridized carbons (Fsp3) is 0.0385. The number of rotatable bonds is 6. The smallest absolute Gasteiger partial charge is 0.230 e. The molecule has 0 heterocycles. The van der Waals surface area contributed by atoms with Crippen LogP contribution in [0.3, 0.4) is 0 Å². The van der Waals surface area contributed by atoms with Crippen molar-refractivity contribution in [2.24, 2.45) is 0 Å².